The molecule has 3 nitrogen and oxygen atoms in total. The average Bonchev–Trinajstić information content (AvgIpc) is 2.33. The summed E-state index contributed by atoms with van der Waals surface area (Å²) in [5, 5.41) is 0.734. The van der Waals surface area contributed by atoms with E-state index in [-0.39, 0.29) is 5.41 Å². The van der Waals surface area contributed by atoms with Crippen LogP contribution < -0.4 is 10.5 Å². The molecule has 0 aliphatic carbocycles. The lowest BCUT2D eigenvalue weighted by atomic mass is 9.72. The molecule has 1 aromatic carbocycles. The van der Waals surface area contributed by atoms with Crippen molar-refractivity contribution in [2.45, 2.75) is 18.8 Å². The van der Waals surface area contributed by atoms with Gasteiger partial charge in [0.2, 0.25) is 0 Å². The number of nitrogens with two attached hydrogens (primary N) is 1. The number of rotatable bonds is 5. The fourth-order valence-electron chi connectivity index (χ4n) is 2.58. The summed E-state index contributed by atoms with van der Waals surface area (Å²) in [4.78, 5) is 0. The van der Waals surface area contributed by atoms with E-state index in [4.69, 9.17) is 26.8 Å². The quantitative estimate of drug-likeness (QED) is 0.894. The molecule has 0 bridgehead atoms. The van der Waals surface area contributed by atoms with Crippen LogP contribution in [0.1, 0.15) is 18.9 Å². The van der Waals surface area contributed by atoms with Crippen LogP contribution in [-0.2, 0) is 10.2 Å². The molecule has 100 valence electrons. The third-order valence-corrected chi connectivity index (χ3v) is 3.87. The zero-order chi connectivity index (χ0) is 13.2. The monoisotopic (exact) mass is 269 g/mol. The lowest BCUT2D eigenvalue weighted by Crippen LogP contribution is -2.48. The smallest absolute Gasteiger partial charge is 0.122 e. The van der Waals surface area contributed by atoms with E-state index in [1.54, 1.807) is 7.11 Å². The van der Waals surface area contributed by atoms with Crippen LogP contribution in [-0.4, -0.2) is 26.9 Å². The molecular formula is C14H20ClNO2. The van der Waals surface area contributed by atoms with Gasteiger partial charge in [0.15, 0.2) is 0 Å². The first-order chi connectivity index (χ1) is 8.61. The van der Waals surface area contributed by atoms with Crippen LogP contribution in [0, 0.1) is 5.92 Å². The van der Waals surface area contributed by atoms with Crippen molar-refractivity contribution >= 4 is 11.6 Å². The van der Waals surface area contributed by atoms with Crippen LogP contribution in [0.3, 0.4) is 0 Å². The standard InChI is InChI=1S/C14H20ClNO2/c1-10(7-16)6-14(8-18-9-14)12-5-11(15)3-4-13(12)17-2/h3-5,10H,6-9,16H2,1-2H3. The minimum atomic E-state index is 0.00896. The van der Waals surface area contributed by atoms with E-state index in [9.17, 15) is 0 Å². The Morgan fingerprint density at radius 1 is 1.50 bits per heavy atom. The number of halogens is 1. The Kier molecular flexibility index (Phi) is 4.15. The van der Waals surface area contributed by atoms with Gasteiger partial charge < -0.3 is 15.2 Å². The lowest BCUT2D eigenvalue weighted by molar-refractivity contribution is -0.0710. The zero-order valence-corrected chi connectivity index (χ0v) is 11.7. The molecule has 1 saturated heterocycles. The molecule has 1 fully saturated rings. The van der Waals surface area contributed by atoms with E-state index in [0.717, 1.165) is 22.8 Å². The first-order valence-electron chi connectivity index (χ1n) is 6.23. The number of benzene rings is 1. The molecule has 1 aromatic rings. The van der Waals surface area contributed by atoms with Gasteiger partial charge in [-0.3, -0.25) is 0 Å². The second-order valence-electron chi connectivity index (χ2n) is 5.16. The normalized spacial score (nSPS) is 19.1. The topological polar surface area (TPSA) is 44.5 Å². The van der Waals surface area contributed by atoms with Gasteiger partial charge in [0, 0.05) is 16.0 Å². The van der Waals surface area contributed by atoms with E-state index >= 15 is 0 Å². The highest BCUT2D eigenvalue weighted by Crippen LogP contribution is 2.43. The Morgan fingerprint density at radius 3 is 2.72 bits per heavy atom. The van der Waals surface area contributed by atoms with Crippen LogP contribution in [0.4, 0.5) is 0 Å². The average molecular weight is 270 g/mol. The first-order valence-corrected chi connectivity index (χ1v) is 6.61. The van der Waals surface area contributed by atoms with Crippen molar-refractivity contribution < 1.29 is 9.47 Å². The summed E-state index contributed by atoms with van der Waals surface area (Å²) < 4.78 is 10.9. The number of hydrogen-bond acceptors (Lipinski definition) is 3. The van der Waals surface area contributed by atoms with Crippen LogP contribution in [0.5, 0.6) is 5.75 Å². The molecule has 0 aromatic heterocycles. The zero-order valence-electron chi connectivity index (χ0n) is 10.9. The second kappa shape index (κ2) is 5.47. The summed E-state index contributed by atoms with van der Waals surface area (Å²) in [7, 11) is 1.69. The fraction of sp³-hybridized carbons (Fsp3) is 0.571. The predicted molar refractivity (Wildman–Crippen MR) is 73.3 cm³/mol. The van der Waals surface area contributed by atoms with E-state index in [0.29, 0.717) is 25.7 Å². The first kappa shape index (κ1) is 13.7. The molecule has 1 unspecified atom stereocenters. The van der Waals surface area contributed by atoms with E-state index in [1.165, 1.54) is 0 Å². The van der Waals surface area contributed by atoms with Gasteiger partial charge in [0.1, 0.15) is 5.75 Å². The SMILES string of the molecule is COc1ccc(Cl)cc1C1(CC(C)CN)COC1. The third kappa shape index (κ3) is 2.48. The summed E-state index contributed by atoms with van der Waals surface area (Å²) in [6.07, 6.45) is 1.00. The van der Waals surface area contributed by atoms with Gasteiger partial charge in [-0.2, -0.15) is 0 Å². The highest BCUT2D eigenvalue weighted by Gasteiger charge is 2.43. The number of hydrogen-bond donors (Lipinski definition) is 1. The van der Waals surface area contributed by atoms with Crippen molar-refractivity contribution in [2.75, 3.05) is 26.9 Å². The van der Waals surface area contributed by atoms with Gasteiger partial charge in [-0.1, -0.05) is 18.5 Å². The van der Waals surface area contributed by atoms with Crippen molar-refractivity contribution in [1.82, 2.24) is 0 Å². The molecule has 0 amide bonds. The summed E-state index contributed by atoms with van der Waals surface area (Å²) in [5.41, 5.74) is 6.89. The number of ether oxygens (including phenoxy) is 2. The molecule has 1 aliphatic heterocycles. The number of methoxy groups -OCH3 is 1. The van der Waals surface area contributed by atoms with E-state index < -0.39 is 0 Å². The minimum absolute atomic E-state index is 0.00896. The van der Waals surface area contributed by atoms with Crippen molar-refractivity contribution in [2.24, 2.45) is 11.7 Å². The highest BCUT2D eigenvalue weighted by molar-refractivity contribution is 6.30. The van der Waals surface area contributed by atoms with Crippen LogP contribution in [0.15, 0.2) is 18.2 Å². The largest absolute Gasteiger partial charge is 0.496 e. The van der Waals surface area contributed by atoms with Crippen molar-refractivity contribution in [3.8, 4) is 5.75 Å². The van der Waals surface area contributed by atoms with Crippen LogP contribution in [0.2, 0.25) is 5.02 Å². The second-order valence-corrected chi connectivity index (χ2v) is 5.60. The summed E-state index contributed by atoms with van der Waals surface area (Å²) in [5.74, 6) is 1.34. The molecule has 4 heteroatoms. The molecule has 18 heavy (non-hydrogen) atoms. The Balaban J connectivity index is 2.34. The van der Waals surface area contributed by atoms with Crippen molar-refractivity contribution in [3.63, 3.8) is 0 Å². The Bertz CT molecular complexity index is 418. The molecule has 0 saturated carbocycles. The van der Waals surface area contributed by atoms with Crippen LogP contribution in [0.25, 0.3) is 0 Å². The van der Waals surface area contributed by atoms with Gasteiger partial charge >= 0.3 is 0 Å². The highest BCUT2D eigenvalue weighted by atomic mass is 35.5. The van der Waals surface area contributed by atoms with Gasteiger partial charge in [0.05, 0.1) is 20.3 Å². The molecule has 0 spiro atoms. The fourth-order valence-corrected chi connectivity index (χ4v) is 2.75. The Hall–Kier alpha value is -0.770. The maximum absolute atomic E-state index is 6.11. The molecule has 1 aliphatic rings. The molecule has 0 radical (unpaired) electrons. The predicted octanol–water partition coefficient (Wildman–Crippen LogP) is 2.60. The lowest BCUT2D eigenvalue weighted by Gasteiger charge is -2.44. The molecule has 2 N–H and O–H groups in total. The molecule has 2 rings (SSSR count). The van der Waals surface area contributed by atoms with Crippen LogP contribution >= 0.6 is 11.6 Å². The molecular weight excluding hydrogens is 250 g/mol. The molecule has 1 atom stereocenters. The van der Waals surface area contributed by atoms with Gasteiger partial charge in [-0.25, -0.2) is 0 Å². The summed E-state index contributed by atoms with van der Waals surface area (Å²) in [6, 6.07) is 5.76. The van der Waals surface area contributed by atoms with E-state index in [1.807, 2.05) is 18.2 Å². The maximum atomic E-state index is 6.11. The summed E-state index contributed by atoms with van der Waals surface area (Å²) in [6.45, 7) is 4.28. The molecule has 1 heterocycles. The Morgan fingerprint density at radius 2 is 2.22 bits per heavy atom. The van der Waals surface area contributed by atoms with Crippen molar-refractivity contribution in [3.05, 3.63) is 28.8 Å². The van der Waals surface area contributed by atoms with Gasteiger partial charge in [0.25, 0.3) is 0 Å². The van der Waals surface area contributed by atoms with Gasteiger partial charge in [-0.15, -0.1) is 0 Å². The van der Waals surface area contributed by atoms with Crippen molar-refractivity contribution in [1.29, 1.82) is 0 Å². The van der Waals surface area contributed by atoms with Gasteiger partial charge in [-0.05, 0) is 37.1 Å². The Labute approximate surface area is 113 Å². The van der Waals surface area contributed by atoms with E-state index in [2.05, 4.69) is 6.92 Å². The summed E-state index contributed by atoms with van der Waals surface area (Å²) >= 11 is 6.11. The minimum Gasteiger partial charge on any atom is -0.496 e. The maximum Gasteiger partial charge on any atom is 0.122 e. The third-order valence-electron chi connectivity index (χ3n) is 3.63.